The van der Waals surface area contributed by atoms with E-state index in [1.807, 2.05) is 12.1 Å². The summed E-state index contributed by atoms with van der Waals surface area (Å²) < 4.78 is 11.2. The minimum Gasteiger partial charge on any atom is -0.481 e. The molecule has 0 saturated carbocycles. The van der Waals surface area contributed by atoms with Gasteiger partial charge in [0.2, 0.25) is 5.89 Å². The molecule has 0 bridgehead atoms. The van der Waals surface area contributed by atoms with Crippen molar-refractivity contribution in [3.8, 4) is 17.2 Å². The molecular formula is C22H15ClN2O5. The van der Waals surface area contributed by atoms with E-state index in [1.165, 1.54) is 6.07 Å². The molecule has 0 unspecified atom stereocenters. The molecule has 0 atom stereocenters. The molecule has 0 radical (unpaired) electrons. The Balaban J connectivity index is 1.66. The fraction of sp³-hybridized carbons (Fsp3) is 0.0455. The number of hydrogen-bond donors (Lipinski definition) is 2. The molecule has 150 valence electrons. The van der Waals surface area contributed by atoms with E-state index >= 15 is 0 Å². The molecule has 0 aliphatic heterocycles. The summed E-state index contributed by atoms with van der Waals surface area (Å²) in [4.78, 5) is 27.9. The van der Waals surface area contributed by atoms with Gasteiger partial charge in [-0.1, -0.05) is 23.7 Å². The second-order valence-corrected chi connectivity index (χ2v) is 6.78. The van der Waals surface area contributed by atoms with E-state index in [1.54, 1.807) is 48.5 Å². The van der Waals surface area contributed by atoms with E-state index < -0.39 is 12.6 Å². The van der Waals surface area contributed by atoms with Crippen LogP contribution < -0.4 is 10.1 Å². The number of para-hydroxylation sites is 2. The summed E-state index contributed by atoms with van der Waals surface area (Å²) in [6, 6.07) is 18.5. The van der Waals surface area contributed by atoms with Crippen LogP contribution in [0.15, 0.2) is 71.1 Å². The minimum atomic E-state index is -1.13. The van der Waals surface area contributed by atoms with E-state index in [0.29, 0.717) is 32.9 Å². The van der Waals surface area contributed by atoms with Crippen LogP contribution in [0.1, 0.15) is 10.4 Å². The van der Waals surface area contributed by atoms with Gasteiger partial charge in [0.05, 0.1) is 5.56 Å². The van der Waals surface area contributed by atoms with Gasteiger partial charge in [0.25, 0.3) is 5.91 Å². The summed E-state index contributed by atoms with van der Waals surface area (Å²) in [5, 5.41) is 12.3. The third-order valence-electron chi connectivity index (χ3n) is 4.22. The Morgan fingerprint density at radius 3 is 2.57 bits per heavy atom. The van der Waals surface area contributed by atoms with Gasteiger partial charge in [-0.05, 0) is 48.5 Å². The van der Waals surface area contributed by atoms with Crippen molar-refractivity contribution < 1.29 is 23.8 Å². The van der Waals surface area contributed by atoms with Crippen molar-refractivity contribution in [2.45, 2.75) is 0 Å². The molecule has 0 spiro atoms. The first kappa shape index (κ1) is 19.5. The molecule has 2 N–H and O–H groups in total. The minimum absolute atomic E-state index is 0.220. The number of benzene rings is 3. The number of nitrogens with one attached hydrogen (secondary N) is 1. The molecule has 1 amide bonds. The number of carbonyl (C=O) groups is 2. The Bertz CT molecular complexity index is 1200. The van der Waals surface area contributed by atoms with Crippen LogP contribution in [-0.2, 0) is 4.79 Å². The van der Waals surface area contributed by atoms with Crippen LogP contribution in [0.2, 0.25) is 5.02 Å². The Kier molecular flexibility index (Phi) is 5.36. The molecule has 8 heteroatoms. The summed E-state index contributed by atoms with van der Waals surface area (Å²) in [5.41, 5.74) is 2.58. The van der Waals surface area contributed by atoms with Gasteiger partial charge in [-0.2, -0.15) is 0 Å². The second-order valence-electron chi connectivity index (χ2n) is 6.34. The highest BCUT2D eigenvalue weighted by Crippen LogP contribution is 2.34. The highest BCUT2D eigenvalue weighted by atomic mass is 35.5. The van der Waals surface area contributed by atoms with Gasteiger partial charge in [-0.15, -0.1) is 0 Å². The number of halogens is 1. The van der Waals surface area contributed by atoms with Crippen molar-refractivity contribution in [3.63, 3.8) is 0 Å². The van der Waals surface area contributed by atoms with Crippen LogP contribution in [0.25, 0.3) is 22.6 Å². The molecular weight excluding hydrogens is 408 g/mol. The van der Waals surface area contributed by atoms with Crippen molar-refractivity contribution >= 4 is 40.3 Å². The van der Waals surface area contributed by atoms with Crippen molar-refractivity contribution in [2.75, 3.05) is 11.9 Å². The molecule has 1 aromatic heterocycles. The molecule has 3 aromatic carbocycles. The van der Waals surface area contributed by atoms with Crippen molar-refractivity contribution in [2.24, 2.45) is 0 Å². The molecule has 7 nitrogen and oxygen atoms in total. The van der Waals surface area contributed by atoms with Crippen molar-refractivity contribution in [1.82, 2.24) is 4.98 Å². The lowest BCUT2D eigenvalue weighted by molar-refractivity contribution is -0.139. The average Bonchev–Trinajstić information content (AvgIpc) is 3.16. The zero-order valence-corrected chi connectivity index (χ0v) is 16.2. The highest BCUT2D eigenvalue weighted by molar-refractivity contribution is 6.30. The first-order valence-corrected chi connectivity index (χ1v) is 9.29. The quantitative estimate of drug-likeness (QED) is 0.460. The topological polar surface area (TPSA) is 102 Å². The number of aliphatic carboxylic acids is 1. The highest BCUT2D eigenvalue weighted by Gasteiger charge is 2.16. The molecule has 0 saturated heterocycles. The van der Waals surface area contributed by atoms with E-state index in [4.69, 9.17) is 25.9 Å². The van der Waals surface area contributed by atoms with Gasteiger partial charge in [-0.3, -0.25) is 4.79 Å². The summed E-state index contributed by atoms with van der Waals surface area (Å²) in [6.45, 7) is -0.554. The smallest absolute Gasteiger partial charge is 0.341 e. The van der Waals surface area contributed by atoms with Gasteiger partial charge in [0.1, 0.15) is 11.3 Å². The maximum Gasteiger partial charge on any atom is 0.341 e. The fourth-order valence-electron chi connectivity index (χ4n) is 2.83. The van der Waals surface area contributed by atoms with E-state index in [0.717, 1.165) is 0 Å². The first-order valence-electron chi connectivity index (χ1n) is 8.91. The normalized spacial score (nSPS) is 10.7. The summed E-state index contributed by atoms with van der Waals surface area (Å²) in [6.07, 6.45) is 0. The van der Waals surface area contributed by atoms with Crippen LogP contribution in [-0.4, -0.2) is 28.6 Å². The lowest BCUT2D eigenvalue weighted by Crippen LogP contribution is -2.13. The number of carboxylic acid groups (broad SMARTS) is 1. The van der Waals surface area contributed by atoms with Gasteiger partial charge < -0.3 is 19.6 Å². The first-order chi connectivity index (χ1) is 14.5. The predicted molar refractivity (Wildman–Crippen MR) is 112 cm³/mol. The maximum atomic E-state index is 12.5. The number of oxazole rings is 1. The van der Waals surface area contributed by atoms with Crippen molar-refractivity contribution in [3.05, 3.63) is 77.3 Å². The molecule has 0 fully saturated rings. The van der Waals surface area contributed by atoms with Crippen LogP contribution in [0.4, 0.5) is 5.69 Å². The molecule has 1 heterocycles. The Morgan fingerprint density at radius 1 is 1.07 bits per heavy atom. The van der Waals surface area contributed by atoms with E-state index in [-0.39, 0.29) is 17.5 Å². The number of amides is 1. The maximum absolute atomic E-state index is 12.5. The number of anilines is 1. The van der Waals surface area contributed by atoms with Crippen LogP contribution >= 0.6 is 11.6 Å². The predicted octanol–water partition coefficient (Wildman–Crippen LogP) is 4.86. The standard InChI is InChI=1S/C22H15ClN2O5/c23-14-7-5-13(6-8-14)21(28)24-15-9-10-16(19(11-15)29-12-20(26)27)22-25-17-3-1-2-4-18(17)30-22/h1-11H,12H2,(H,24,28)(H,26,27). The number of nitrogens with zero attached hydrogens (tertiary/aromatic N) is 1. The van der Waals surface area contributed by atoms with Gasteiger partial charge >= 0.3 is 5.97 Å². The number of carbonyl (C=O) groups excluding carboxylic acids is 1. The fourth-order valence-corrected chi connectivity index (χ4v) is 2.95. The SMILES string of the molecule is O=C(O)COc1cc(NC(=O)c2ccc(Cl)cc2)ccc1-c1nc2ccccc2o1. The molecule has 4 aromatic rings. The largest absolute Gasteiger partial charge is 0.481 e. The zero-order chi connectivity index (χ0) is 21.1. The average molecular weight is 423 g/mol. The third-order valence-corrected chi connectivity index (χ3v) is 4.47. The number of fused-ring (bicyclic) bond motifs is 1. The number of carboxylic acids is 1. The molecule has 0 aliphatic carbocycles. The van der Waals surface area contributed by atoms with E-state index in [2.05, 4.69) is 10.3 Å². The Morgan fingerprint density at radius 2 is 1.83 bits per heavy atom. The number of rotatable bonds is 6. The third kappa shape index (κ3) is 4.26. The Hall–Kier alpha value is -3.84. The summed E-state index contributed by atoms with van der Waals surface area (Å²) in [5.74, 6) is -0.968. The molecule has 30 heavy (non-hydrogen) atoms. The van der Waals surface area contributed by atoms with Gasteiger partial charge in [0.15, 0.2) is 12.2 Å². The Labute approximate surface area is 175 Å². The second kappa shape index (κ2) is 8.26. The van der Waals surface area contributed by atoms with Crippen LogP contribution in [0.3, 0.4) is 0 Å². The number of hydrogen-bond acceptors (Lipinski definition) is 5. The van der Waals surface area contributed by atoms with Crippen LogP contribution in [0.5, 0.6) is 5.75 Å². The van der Waals surface area contributed by atoms with Crippen LogP contribution in [0, 0.1) is 0 Å². The summed E-state index contributed by atoms with van der Waals surface area (Å²) in [7, 11) is 0. The molecule has 0 aliphatic rings. The van der Waals surface area contributed by atoms with Gasteiger partial charge in [0, 0.05) is 22.3 Å². The monoisotopic (exact) mass is 422 g/mol. The lowest BCUT2D eigenvalue weighted by Gasteiger charge is -2.11. The lowest BCUT2D eigenvalue weighted by atomic mass is 10.1. The molecule has 4 rings (SSSR count). The van der Waals surface area contributed by atoms with Crippen molar-refractivity contribution in [1.29, 1.82) is 0 Å². The number of ether oxygens (including phenoxy) is 1. The number of aromatic nitrogens is 1. The summed E-state index contributed by atoms with van der Waals surface area (Å²) >= 11 is 5.85. The van der Waals surface area contributed by atoms with E-state index in [9.17, 15) is 9.59 Å². The van der Waals surface area contributed by atoms with Gasteiger partial charge in [-0.25, -0.2) is 9.78 Å². The zero-order valence-electron chi connectivity index (χ0n) is 15.5.